The van der Waals surface area contributed by atoms with Gasteiger partial charge in [-0.2, -0.15) is 0 Å². The first-order chi connectivity index (χ1) is 9.51. The molecule has 0 amide bonds. The summed E-state index contributed by atoms with van der Waals surface area (Å²) in [4.78, 5) is 2.58. The molecular weight excluding hydrogens is 337 g/mol. The van der Waals surface area contributed by atoms with E-state index in [1.165, 1.54) is 21.4 Å². The van der Waals surface area contributed by atoms with Crippen molar-refractivity contribution in [1.82, 2.24) is 5.32 Å². The zero-order valence-corrected chi connectivity index (χ0v) is 14.4. The average Bonchev–Trinajstić information content (AvgIpc) is 2.68. The number of thiophene rings is 1. The molecule has 0 aliphatic carbocycles. The maximum absolute atomic E-state index is 13.7. The predicted octanol–water partition coefficient (Wildman–Crippen LogP) is 5.36. The summed E-state index contributed by atoms with van der Waals surface area (Å²) in [5.74, 6) is -0.206. The minimum Gasteiger partial charge on any atom is -0.306 e. The summed E-state index contributed by atoms with van der Waals surface area (Å²) < 4.78 is 14.5. The van der Waals surface area contributed by atoms with Crippen molar-refractivity contribution in [3.63, 3.8) is 0 Å². The summed E-state index contributed by atoms with van der Waals surface area (Å²) >= 11 is 5.17. The normalized spacial score (nSPS) is 12.7. The fraction of sp³-hybridized carbons (Fsp3) is 0.375. The van der Waals surface area contributed by atoms with Crippen molar-refractivity contribution >= 4 is 27.3 Å². The monoisotopic (exact) mass is 355 g/mol. The Hall–Kier alpha value is -0.710. The maximum Gasteiger partial charge on any atom is 0.124 e. The molecule has 0 aliphatic heterocycles. The second-order valence-corrected chi connectivity index (χ2v) is 7.33. The third kappa shape index (κ3) is 3.68. The van der Waals surface area contributed by atoms with Gasteiger partial charge in [-0.25, -0.2) is 4.39 Å². The lowest BCUT2D eigenvalue weighted by molar-refractivity contribution is 0.584. The van der Waals surface area contributed by atoms with Gasteiger partial charge in [0.05, 0.1) is 6.04 Å². The molecule has 1 atom stereocenters. The SMILES string of the molecule is CCCNC(c1cc(F)cc(Br)c1)c1cc(C)sc1C. The van der Waals surface area contributed by atoms with Gasteiger partial charge in [0.25, 0.3) is 0 Å². The van der Waals surface area contributed by atoms with Crippen LogP contribution in [0.3, 0.4) is 0 Å². The molecule has 1 heterocycles. The second kappa shape index (κ2) is 6.83. The Balaban J connectivity index is 2.43. The van der Waals surface area contributed by atoms with Crippen molar-refractivity contribution in [2.45, 2.75) is 33.2 Å². The molecule has 1 N–H and O–H groups in total. The molecule has 0 saturated carbocycles. The van der Waals surface area contributed by atoms with E-state index in [9.17, 15) is 4.39 Å². The summed E-state index contributed by atoms with van der Waals surface area (Å²) in [6.45, 7) is 7.28. The van der Waals surface area contributed by atoms with Crippen molar-refractivity contribution in [1.29, 1.82) is 0 Å². The quantitative estimate of drug-likeness (QED) is 0.761. The van der Waals surface area contributed by atoms with Crippen LogP contribution in [0.15, 0.2) is 28.7 Å². The fourth-order valence-corrected chi connectivity index (χ4v) is 3.82. The van der Waals surface area contributed by atoms with E-state index in [4.69, 9.17) is 0 Å². The van der Waals surface area contributed by atoms with Crippen LogP contribution in [0.1, 0.15) is 40.3 Å². The summed E-state index contributed by atoms with van der Waals surface area (Å²) in [6, 6.07) is 7.35. The minimum absolute atomic E-state index is 0.0481. The third-order valence-corrected chi connectivity index (χ3v) is 4.65. The molecule has 0 fully saturated rings. The molecule has 2 rings (SSSR count). The van der Waals surface area contributed by atoms with Gasteiger partial charge in [0.15, 0.2) is 0 Å². The lowest BCUT2D eigenvalue weighted by Gasteiger charge is -2.20. The highest BCUT2D eigenvalue weighted by atomic mass is 79.9. The molecule has 0 aliphatic rings. The Labute approximate surface area is 132 Å². The number of nitrogens with one attached hydrogen (secondary N) is 1. The van der Waals surface area contributed by atoms with Crippen LogP contribution in [0.25, 0.3) is 0 Å². The van der Waals surface area contributed by atoms with Crippen molar-refractivity contribution < 1.29 is 4.39 Å². The molecule has 20 heavy (non-hydrogen) atoms. The number of hydrogen-bond acceptors (Lipinski definition) is 2. The smallest absolute Gasteiger partial charge is 0.124 e. The first-order valence-corrected chi connectivity index (χ1v) is 8.38. The summed E-state index contributed by atoms with van der Waals surface area (Å²) in [5, 5.41) is 3.53. The van der Waals surface area contributed by atoms with Crippen LogP contribution in [0.5, 0.6) is 0 Å². The van der Waals surface area contributed by atoms with Crippen molar-refractivity contribution in [3.8, 4) is 0 Å². The Bertz CT molecular complexity index is 574. The first-order valence-electron chi connectivity index (χ1n) is 6.77. The highest BCUT2D eigenvalue weighted by Gasteiger charge is 2.18. The van der Waals surface area contributed by atoms with E-state index in [1.807, 2.05) is 6.07 Å². The van der Waals surface area contributed by atoms with Crippen LogP contribution in [-0.4, -0.2) is 6.54 Å². The maximum atomic E-state index is 13.7. The highest BCUT2D eigenvalue weighted by molar-refractivity contribution is 9.10. The average molecular weight is 356 g/mol. The summed E-state index contributed by atoms with van der Waals surface area (Å²) in [7, 11) is 0. The van der Waals surface area contributed by atoms with Crippen molar-refractivity contribution in [3.05, 3.63) is 55.4 Å². The van der Waals surface area contributed by atoms with Crippen LogP contribution in [0.2, 0.25) is 0 Å². The molecule has 1 unspecified atom stereocenters. The Morgan fingerprint density at radius 1 is 1.25 bits per heavy atom. The van der Waals surface area contributed by atoms with E-state index >= 15 is 0 Å². The van der Waals surface area contributed by atoms with E-state index in [-0.39, 0.29) is 11.9 Å². The Morgan fingerprint density at radius 2 is 2.00 bits per heavy atom. The van der Waals surface area contributed by atoms with Crippen molar-refractivity contribution in [2.75, 3.05) is 6.54 Å². The fourth-order valence-electron chi connectivity index (χ4n) is 2.37. The Morgan fingerprint density at radius 3 is 2.55 bits per heavy atom. The van der Waals surface area contributed by atoms with E-state index in [1.54, 1.807) is 17.4 Å². The molecule has 0 saturated heterocycles. The zero-order chi connectivity index (χ0) is 14.7. The van der Waals surface area contributed by atoms with Gasteiger partial charge in [-0.15, -0.1) is 11.3 Å². The Kier molecular flexibility index (Phi) is 5.35. The minimum atomic E-state index is -0.206. The second-order valence-electron chi connectivity index (χ2n) is 4.96. The van der Waals surface area contributed by atoms with Gasteiger partial charge in [0.1, 0.15) is 5.82 Å². The van der Waals surface area contributed by atoms with Gasteiger partial charge in [0, 0.05) is 14.2 Å². The van der Waals surface area contributed by atoms with Crippen LogP contribution in [-0.2, 0) is 0 Å². The van der Waals surface area contributed by atoms with Gasteiger partial charge in [-0.3, -0.25) is 0 Å². The van der Waals surface area contributed by atoms with Crippen LogP contribution in [0.4, 0.5) is 4.39 Å². The van der Waals surface area contributed by atoms with Gasteiger partial charge in [-0.1, -0.05) is 22.9 Å². The molecule has 4 heteroatoms. The van der Waals surface area contributed by atoms with Crippen LogP contribution < -0.4 is 5.32 Å². The number of hydrogen-bond donors (Lipinski definition) is 1. The molecule has 0 bridgehead atoms. The topological polar surface area (TPSA) is 12.0 Å². The van der Waals surface area contributed by atoms with E-state index in [0.717, 1.165) is 23.0 Å². The summed E-state index contributed by atoms with van der Waals surface area (Å²) in [5.41, 5.74) is 2.21. The standard InChI is InChI=1S/C16H19BrFNS/c1-4-5-19-16(15-6-10(2)20-11(15)3)12-7-13(17)9-14(18)8-12/h6-9,16,19H,4-5H2,1-3H3. The number of halogens is 2. The molecule has 108 valence electrons. The first kappa shape index (κ1) is 15.7. The third-order valence-electron chi connectivity index (χ3n) is 3.21. The van der Waals surface area contributed by atoms with Crippen LogP contribution in [0, 0.1) is 19.7 Å². The molecule has 0 radical (unpaired) electrons. The lowest BCUT2D eigenvalue weighted by atomic mass is 9.98. The molecule has 1 aromatic heterocycles. The lowest BCUT2D eigenvalue weighted by Crippen LogP contribution is -2.23. The van der Waals surface area contributed by atoms with E-state index < -0.39 is 0 Å². The van der Waals surface area contributed by atoms with Crippen molar-refractivity contribution in [2.24, 2.45) is 0 Å². The molecule has 1 nitrogen and oxygen atoms in total. The zero-order valence-electron chi connectivity index (χ0n) is 12.0. The molecule has 2 aromatic rings. The largest absolute Gasteiger partial charge is 0.306 e. The van der Waals surface area contributed by atoms with E-state index in [0.29, 0.717) is 0 Å². The number of benzene rings is 1. The van der Waals surface area contributed by atoms with Gasteiger partial charge >= 0.3 is 0 Å². The van der Waals surface area contributed by atoms with Gasteiger partial charge in [0.2, 0.25) is 0 Å². The molecule has 1 aromatic carbocycles. The number of rotatable bonds is 5. The molecule has 0 spiro atoms. The van der Waals surface area contributed by atoms with Crippen LogP contribution >= 0.6 is 27.3 Å². The highest BCUT2D eigenvalue weighted by Crippen LogP contribution is 2.32. The number of aryl methyl sites for hydroxylation is 2. The predicted molar refractivity (Wildman–Crippen MR) is 88.0 cm³/mol. The van der Waals surface area contributed by atoms with Gasteiger partial charge < -0.3 is 5.32 Å². The van der Waals surface area contributed by atoms with E-state index in [2.05, 4.69) is 48.1 Å². The molecular formula is C16H19BrFNS. The summed E-state index contributed by atoms with van der Waals surface area (Å²) in [6.07, 6.45) is 1.05. The van der Waals surface area contributed by atoms with Gasteiger partial charge in [-0.05, 0) is 62.2 Å².